The first-order valence-corrected chi connectivity index (χ1v) is 14.9. The number of alkyl halides is 26. The summed E-state index contributed by atoms with van der Waals surface area (Å²) in [6.45, 7) is -8.88. The van der Waals surface area contributed by atoms with Crippen LogP contribution in [0.25, 0.3) is 0 Å². The van der Waals surface area contributed by atoms with Crippen LogP contribution >= 0.6 is 11.3 Å². The molecule has 1 aliphatic heterocycles. The van der Waals surface area contributed by atoms with E-state index in [0.29, 0.717) is 0 Å². The standard InChI is InChI=1S/C25H18F26O4S/c26-14(27,16(30,31)18(34,35)20(38,39)22(42,43)24(46,47)48)1-3-52-7-13(9-54-11-5-56-6-12(11)55-10-13)8-53-4-2-15(28,29)17(32,33)19(36,37)21(40,41)23(44,45)25(49,50)51/h5-6H,1-4,7-10H2. The highest BCUT2D eigenvalue weighted by molar-refractivity contribution is 7.08. The van der Waals surface area contributed by atoms with E-state index in [1.807, 2.05) is 0 Å². The number of hydrogen-bond donors (Lipinski definition) is 0. The van der Waals surface area contributed by atoms with Crippen molar-refractivity contribution < 1.29 is 133 Å². The average Bonchev–Trinajstić information content (AvgIpc) is 3.41. The summed E-state index contributed by atoms with van der Waals surface area (Å²) in [7, 11) is 0. The number of thiophene rings is 1. The highest BCUT2D eigenvalue weighted by atomic mass is 32.1. The second kappa shape index (κ2) is 14.9. The molecule has 56 heavy (non-hydrogen) atoms. The van der Waals surface area contributed by atoms with Gasteiger partial charge in [-0.3, -0.25) is 0 Å². The Kier molecular flexibility index (Phi) is 13.2. The fourth-order valence-electron chi connectivity index (χ4n) is 4.09. The van der Waals surface area contributed by atoms with E-state index in [1.165, 1.54) is 0 Å². The molecule has 0 aliphatic carbocycles. The molecule has 0 saturated heterocycles. The van der Waals surface area contributed by atoms with Crippen molar-refractivity contribution in [2.45, 2.75) is 84.4 Å². The highest BCUT2D eigenvalue weighted by Gasteiger charge is 2.92. The molecule has 0 aromatic carbocycles. The third kappa shape index (κ3) is 8.04. The summed E-state index contributed by atoms with van der Waals surface area (Å²) >= 11 is 0.861. The zero-order chi connectivity index (χ0) is 44.3. The molecule has 0 bridgehead atoms. The van der Waals surface area contributed by atoms with Crippen LogP contribution in [0, 0.1) is 5.41 Å². The molecule has 4 nitrogen and oxygen atoms in total. The molecule has 0 spiro atoms. The zero-order valence-corrected chi connectivity index (χ0v) is 27.0. The van der Waals surface area contributed by atoms with Gasteiger partial charge in [0.15, 0.2) is 11.5 Å². The first-order chi connectivity index (χ1) is 24.6. The summed E-state index contributed by atoms with van der Waals surface area (Å²) in [5.41, 5.74) is -2.26. The second-order valence-electron chi connectivity index (χ2n) is 11.8. The Balaban J connectivity index is 2.24. The lowest BCUT2D eigenvalue weighted by atomic mass is 9.91. The maximum Gasteiger partial charge on any atom is 0.460 e. The predicted octanol–water partition coefficient (Wildman–Crippen LogP) is 10.8. The van der Waals surface area contributed by atoms with Gasteiger partial charge in [0.25, 0.3) is 0 Å². The van der Waals surface area contributed by atoms with Gasteiger partial charge in [-0.15, -0.1) is 11.3 Å². The SMILES string of the molecule is FC(F)(F)C(F)(F)C(F)(F)C(F)(F)C(F)(F)C(F)(F)CCOCC1(COCCC(F)(F)C(F)(F)C(F)(F)C(F)(F)C(F)(F)C(F)(F)F)COc2cscc2OC1. The number of rotatable bonds is 18. The first-order valence-electron chi connectivity index (χ1n) is 14.0. The van der Waals surface area contributed by atoms with E-state index in [0.717, 1.165) is 22.1 Å². The Morgan fingerprint density at radius 1 is 0.429 bits per heavy atom. The van der Waals surface area contributed by atoms with Crippen molar-refractivity contribution in [3.8, 4) is 11.5 Å². The van der Waals surface area contributed by atoms with Gasteiger partial charge in [0.2, 0.25) is 0 Å². The molecule has 0 fully saturated rings. The minimum absolute atomic E-state index is 0.202. The molecule has 0 N–H and O–H groups in total. The van der Waals surface area contributed by atoms with Gasteiger partial charge < -0.3 is 18.9 Å². The number of hydrogen-bond acceptors (Lipinski definition) is 5. The first kappa shape index (κ1) is 49.5. The molecule has 0 atom stereocenters. The molecule has 1 aliphatic rings. The average molecular weight is 908 g/mol. The summed E-state index contributed by atoms with van der Waals surface area (Å²) in [4.78, 5) is 0. The number of ether oxygens (including phenoxy) is 4. The Morgan fingerprint density at radius 2 is 0.696 bits per heavy atom. The normalized spacial score (nSPS) is 17.6. The van der Waals surface area contributed by atoms with Crippen LogP contribution in [0.5, 0.6) is 11.5 Å². The minimum Gasteiger partial charge on any atom is -0.488 e. The van der Waals surface area contributed by atoms with Crippen LogP contribution in [0.1, 0.15) is 12.8 Å². The van der Waals surface area contributed by atoms with Gasteiger partial charge in [-0.25, -0.2) is 0 Å². The molecule has 0 saturated carbocycles. The second-order valence-corrected chi connectivity index (χ2v) is 12.5. The Hall–Kier alpha value is -2.60. The molecule has 0 radical (unpaired) electrons. The van der Waals surface area contributed by atoms with E-state index in [2.05, 4.69) is 9.47 Å². The minimum atomic E-state index is -8.21. The van der Waals surface area contributed by atoms with Crippen molar-refractivity contribution in [3.63, 3.8) is 0 Å². The molecule has 31 heteroatoms. The van der Waals surface area contributed by atoms with E-state index in [1.54, 1.807) is 0 Å². The molecule has 2 heterocycles. The van der Waals surface area contributed by atoms with Gasteiger partial charge in [0, 0.05) is 23.6 Å². The zero-order valence-electron chi connectivity index (χ0n) is 26.2. The van der Waals surface area contributed by atoms with Crippen molar-refractivity contribution >= 4 is 11.3 Å². The lowest BCUT2D eigenvalue weighted by Crippen LogP contribution is -2.70. The topological polar surface area (TPSA) is 36.9 Å². The molecule has 1 aromatic rings. The molecular formula is C25H18F26O4S. The third-order valence-electron chi connectivity index (χ3n) is 7.59. The summed E-state index contributed by atoms with van der Waals surface area (Å²) in [6, 6.07) is 0. The summed E-state index contributed by atoms with van der Waals surface area (Å²) in [5.74, 6) is -77.8. The third-order valence-corrected chi connectivity index (χ3v) is 8.30. The molecule has 2 rings (SSSR count). The number of halogens is 26. The van der Waals surface area contributed by atoms with Crippen LogP contribution in [-0.4, -0.2) is 111 Å². The maximum atomic E-state index is 14.1. The van der Waals surface area contributed by atoms with Crippen LogP contribution in [0.2, 0.25) is 0 Å². The van der Waals surface area contributed by atoms with E-state index < -0.39 is 129 Å². The summed E-state index contributed by atoms with van der Waals surface area (Å²) in [5, 5.41) is 2.32. The van der Waals surface area contributed by atoms with E-state index in [4.69, 9.17) is 9.47 Å². The van der Waals surface area contributed by atoms with Crippen molar-refractivity contribution in [1.82, 2.24) is 0 Å². The van der Waals surface area contributed by atoms with Gasteiger partial charge in [-0.05, 0) is 0 Å². The predicted molar refractivity (Wildman–Crippen MR) is 130 cm³/mol. The highest BCUT2D eigenvalue weighted by Crippen LogP contribution is 2.62. The Labute approximate surface area is 296 Å². The van der Waals surface area contributed by atoms with Crippen LogP contribution in [0.3, 0.4) is 0 Å². The summed E-state index contributed by atoms with van der Waals surface area (Å²) in [6.07, 6.45) is -21.2. The molecule has 0 amide bonds. The van der Waals surface area contributed by atoms with Gasteiger partial charge in [0.05, 0.1) is 31.8 Å². The van der Waals surface area contributed by atoms with Crippen molar-refractivity contribution in [1.29, 1.82) is 0 Å². The fraction of sp³-hybridized carbons (Fsp3) is 0.840. The monoisotopic (exact) mass is 908 g/mol. The largest absolute Gasteiger partial charge is 0.488 e. The lowest BCUT2D eigenvalue weighted by Gasteiger charge is -2.40. The van der Waals surface area contributed by atoms with Gasteiger partial charge >= 0.3 is 71.6 Å². The Bertz CT molecular complexity index is 1370. The van der Waals surface area contributed by atoms with E-state index in [-0.39, 0.29) is 11.5 Å². The van der Waals surface area contributed by atoms with E-state index >= 15 is 0 Å². The van der Waals surface area contributed by atoms with Crippen LogP contribution in [0.15, 0.2) is 10.8 Å². The molecule has 330 valence electrons. The van der Waals surface area contributed by atoms with Crippen molar-refractivity contribution in [3.05, 3.63) is 10.8 Å². The molecule has 1 aromatic heterocycles. The van der Waals surface area contributed by atoms with Crippen molar-refractivity contribution in [2.24, 2.45) is 5.41 Å². The van der Waals surface area contributed by atoms with Gasteiger partial charge in [-0.1, -0.05) is 0 Å². The van der Waals surface area contributed by atoms with E-state index in [9.17, 15) is 114 Å². The number of fused-ring (bicyclic) bond motifs is 1. The lowest BCUT2D eigenvalue weighted by molar-refractivity contribution is -0.440. The quantitative estimate of drug-likeness (QED) is 0.109. The van der Waals surface area contributed by atoms with Crippen molar-refractivity contribution in [2.75, 3.05) is 39.6 Å². The van der Waals surface area contributed by atoms with Gasteiger partial charge in [0.1, 0.15) is 13.2 Å². The van der Waals surface area contributed by atoms with Crippen LogP contribution in [-0.2, 0) is 9.47 Å². The Morgan fingerprint density at radius 3 is 0.964 bits per heavy atom. The fourth-order valence-corrected chi connectivity index (χ4v) is 4.78. The maximum absolute atomic E-state index is 14.1. The molecular weight excluding hydrogens is 890 g/mol. The van der Waals surface area contributed by atoms with Gasteiger partial charge in [-0.2, -0.15) is 114 Å². The molecule has 0 unspecified atom stereocenters. The smallest absolute Gasteiger partial charge is 0.460 e. The van der Waals surface area contributed by atoms with Crippen LogP contribution in [0.4, 0.5) is 114 Å². The van der Waals surface area contributed by atoms with Crippen LogP contribution < -0.4 is 9.47 Å². The summed E-state index contributed by atoms with van der Waals surface area (Å²) < 4.78 is 366.